The van der Waals surface area contributed by atoms with E-state index in [9.17, 15) is 14.4 Å². The first kappa shape index (κ1) is 26.1. The van der Waals surface area contributed by atoms with Crippen molar-refractivity contribution in [1.29, 1.82) is 0 Å². The van der Waals surface area contributed by atoms with Crippen LogP contribution in [0.2, 0.25) is 0 Å². The van der Waals surface area contributed by atoms with Gasteiger partial charge in [0.15, 0.2) is 0 Å². The van der Waals surface area contributed by atoms with Gasteiger partial charge in [-0.2, -0.15) is 0 Å². The number of carbonyl (C=O) groups is 3. The Hall–Kier alpha value is -4.13. The second-order valence-electron chi connectivity index (χ2n) is 12.2. The van der Waals surface area contributed by atoms with Crippen molar-refractivity contribution in [3.8, 4) is 11.1 Å². The summed E-state index contributed by atoms with van der Waals surface area (Å²) in [7, 11) is 0. The van der Waals surface area contributed by atoms with Crippen molar-refractivity contribution >= 4 is 17.8 Å². The molecule has 2 atom stereocenters. The summed E-state index contributed by atoms with van der Waals surface area (Å²) in [4.78, 5) is 40.1. The highest BCUT2D eigenvalue weighted by Crippen LogP contribution is 2.47. The number of urea groups is 1. The molecule has 1 aliphatic carbocycles. The molecule has 1 fully saturated rings. The van der Waals surface area contributed by atoms with E-state index in [-0.39, 0.29) is 35.2 Å². The fraction of sp³-hybridized carbons (Fsp3) is 0.364. The molecular formula is C33H36N4O3. The predicted molar refractivity (Wildman–Crippen MR) is 155 cm³/mol. The molecule has 1 saturated carbocycles. The van der Waals surface area contributed by atoms with E-state index in [4.69, 9.17) is 0 Å². The minimum absolute atomic E-state index is 0.00861. The van der Waals surface area contributed by atoms with Crippen LogP contribution in [-0.2, 0) is 30.8 Å². The van der Waals surface area contributed by atoms with Crippen molar-refractivity contribution in [1.82, 2.24) is 20.9 Å². The van der Waals surface area contributed by atoms with Crippen molar-refractivity contribution < 1.29 is 14.4 Å². The maximum absolute atomic E-state index is 13.1. The predicted octanol–water partition coefficient (Wildman–Crippen LogP) is 4.88. The van der Waals surface area contributed by atoms with E-state index < -0.39 is 0 Å². The summed E-state index contributed by atoms with van der Waals surface area (Å²) >= 11 is 0. The van der Waals surface area contributed by atoms with Gasteiger partial charge in [-0.3, -0.25) is 9.59 Å². The summed E-state index contributed by atoms with van der Waals surface area (Å²) < 4.78 is 0. The highest BCUT2D eigenvalue weighted by Gasteiger charge is 2.43. The number of rotatable bonds is 5. The van der Waals surface area contributed by atoms with Crippen LogP contribution in [0.3, 0.4) is 0 Å². The minimum atomic E-state index is -0.328. The zero-order valence-corrected chi connectivity index (χ0v) is 23.3. The number of hydrogen-bond acceptors (Lipinski definition) is 3. The Labute approximate surface area is 235 Å². The van der Waals surface area contributed by atoms with E-state index in [1.54, 1.807) is 0 Å². The van der Waals surface area contributed by atoms with E-state index in [1.165, 1.54) is 11.1 Å². The van der Waals surface area contributed by atoms with Crippen LogP contribution in [0.1, 0.15) is 71.3 Å². The fourth-order valence-corrected chi connectivity index (χ4v) is 6.02. The lowest BCUT2D eigenvalue weighted by Gasteiger charge is -2.34. The number of benzene rings is 3. The highest BCUT2D eigenvalue weighted by molar-refractivity contribution is 5.99. The third-order valence-corrected chi connectivity index (χ3v) is 8.19. The zero-order valence-electron chi connectivity index (χ0n) is 23.3. The second-order valence-corrected chi connectivity index (χ2v) is 12.2. The van der Waals surface area contributed by atoms with E-state index in [0.717, 1.165) is 46.2 Å². The maximum atomic E-state index is 13.1. The van der Waals surface area contributed by atoms with Gasteiger partial charge < -0.3 is 20.9 Å². The van der Waals surface area contributed by atoms with Gasteiger partial charge in [-0.25, -0.2) is 4.79 Å². The molecule has 2 aliphatic heterocycles. The van der Waals surface area contributed by atoms with Crippen LogP contribution in [0.25, 0.3) is 11.1 Å². The smallest absolute Gasteiger partial charge is 0.318 e. The molecule has 3 N–H and O–H groups in total. The number of fused-ring (bicyclic) bond motifs is 2. The summed E-state index contributed by atoms with van der Waals surface area (Å²) in [5.41, 5.74) is 8.16. The Bertz CT molecular complexity index is 1490. The largest absolute Gasteiger partial charge is 0.352 e. The molecule has 0 saturated heterocycles. The molecule has 206 valence electrons. The lowest BCUT2D eigenvalue weighted by Crippen LogP contribution is -2.50. The van der Waals surface area contributed by atoms with Gasteiger partial charge in [0.1, 0.15) is 0 Å². The number of nitrogens with one attached hydrogen (secondary N) is 3. The van der Waals surface area contributed by atoms with Crippen molar-refractivity contribution in [3.05, 3.63) is 94.0 Å². The molecule has 40 heavy (non-hydrogen) atoms. The highest BCUT2D eigenvalue weighted by atomic mass is 16.2. The monoisotopic (exact) mass is 536 g/mol. The molecule has 3 aromatic carbocycles. The van der Waals surface area contributed by atoms with Crippen LogP contribution < -0.4 is 16.0 Å². The lowest BCUT2D eigenvalue weighted by atomic mass is 9.86. The quantitative estimate of drug-likeness (QED) is 0.434. The third-order valence-electron chi connectivity index (χ3n) is 8.19. The Kier molecular flexibility index (Phi) is 6.61. The van der Waals surface area contributed by atoms with Crippen molar-refractivity contribution in [2.24, 2.45) is 5.92 Å². The molecule has 7 heteroatoms. The maximum Gasteiger partial charge on any atom is 0.318 e. The molecule has 0 bridgehead atoms. The molecule has 2 unspecified atom stereocenters. The number of nitrogens with zero attached hydrogens (tertiary/aromatic N) is 1. The van der Waals surface area contributed by atoms with Gasteiger partial charge in [-0.05, 0) is 90.6 Å². The Morgan fingerprint density at radius 1 is 1.00 bits per heavy atom. The molecule has 6 rings (SSSR count). The van der Waals surface area contributed by atoms with Gasteiger partial charge >= 0.3 is 6.03 Å². The SMILES string of the molecule is CC(C)(C)NC(=O)N1CCc2c(-c3ccc4c(c3)CNC4=O)ccc(CNC(=O)C3CC3c3ccccc3)c2C1. The van der Waals surface area contributed by atoms with Gasteiger partial charge in [0.2, 0.25) is 5.91 Å². The van der Waals surface area contributed by atoms with Crippen LogP contribution in [-0.4, -0.2) is 34.8 Å². The Morgan fingerprint density at radius 3 is 2.55 bits per heavy atom. The molecule has 2 heterocycles. The van der Waals surface area contributed by atoms with E-state index in [2.05, 4.69) is 46.3 Å². The Balaban J connectivity index is 1.26. The molecule has 4 amide bonds. The van der Waals surface area contributed by atoms with Gasteiger partial charge in [-0.1, -0.05) is 48.5 Å². The first-order chi connectivity index (χ1) is 19.2. The molecule has 0 radical (unpaired) electrons. The van der Waals surface area contributed by atoms with Crippen molar-refractivity contribution in [2.45, 2.75) is 64.7 Å². The number of hydrogen-bond donors (Lipinski definition) is 3. The summed E-state index contributed by atoms with van der Waals surface area (Å²) in [6, 6.07) is 20.4. The average Bonchev–Trinajstić information content (AvgIpc) is 3.67. The molecule has 7 nitrogen and oxygen atoms in total. The molecule has 0 aromatic heterocycles. The van der Waals surface area contributed by atoms with Gasteiger partial charge in [-0.15, -0.1) is 0 Å². The van der Waals surface area contributed by atoms with Gasteiger partial charge in [0.05, 0.1) is 0 Å². The van der Waals surface area contributed by atoms with Crippen LogP contribution in [0, 0.1) is 5.92 Å². The first-order valence-electron chi connectivity index (χ1n) is 14.1. The normalized spacial score (nSPS) is 19.4. The molecule has 3 aliphatic rings. The zero-order chi connectivity index (χ0) is 28.0. The van der Waals surface area contributed by atoms with Crippen LogP contribution >= 0.6 is 0 Å². The van der Waals surface area contributed by atoms with Crippen LogP contribution in [0.4, 0.5) is 4.79 Å². The topological polar surface area (TPSA) is 90.5 Å². The summed E-state index contributed by atoms with van der Waals surface area (Å²) in [5, 5.41) is 9.17. The van der Waals surface area contributed by atoms with Crippen molar-refractivity contribution in [2.75, 3.05) is 6.54 Å². The van der Waals surface area contributed by atoms with E-state index in [1.807, 2.05) is 56.0 Å². The number of carbonyl (C=O) groups excluding carboxylic acids is 3. The van der Waals surface area contributed by atoms with Crippen LogP contribution in [0.15, 0.2) is 60.7 Å². The molecule has 0 spiro atoms. The summed E-state index contributed by atoms with van der Waals surface area (Å²) in [6.07, 6.45) is 1.60. The van der Waals surface area contributed by atoms with Gasteiger partial charge in [0.25, 0.3) is 5.91 Å². The minimum Gasteiger partial charge on any atom is -0.352 e. The first-order valence-corrected chi connectivity index (χ1v) is 14.1. The van der Waals surface area contributed by atoms with Crippen molar-refractivity contribution in [3.63, 3.8) is 0 Å². The fourth-order valence-electron chi connectivity index (χ4n) is 6.02. The molecular weight excluding hydrogens is 500 g/mol. The molecule has 3 aromatic rings. The second kappa shape index (κ2) is 10.1. The number of amides is 4. The summed E-state index contributed by atoms with van der Waals surface area (Å²) in [5.74, 6) is 0.352. The Morgan fingerprint density at radius 2 is 1.77 bits per heavy atom. The van der Waals surface area contributed by atoms with Crippen LogP contribution in [0.5, 0.6) is 0 Å². The average molecular weight is 537 g/mol. The van der Waals surface area contributed by atoms with E-state index in [0.29, 0.717) is 26.2 Å². The summed E-state index contributed by atoms with van der Waals surface area (Å²) in [6.45, 7) is 8.01. The van der Waals surface area contributed by atoms with Gasteiger partial charge in [0, 0.05) is 43.2 Å². The lowest BCUT2D eigenvalue weighted by molar-refractivity contribution is -0.122. The standard InChI is InChI=1S/C33H36N4O3/c1-33(2,3)36-32(40)37-14-13-26-24(21-9-12-25-23(15-21)18-35-30(25)38)11-10-22(29(26)19-37)17-34-31(39)28-16-27(28)20-7-5-4-6-8-20/h4-12,15,27-28H,13-14,16-19H2,1-3H3,(H,34,39)(H,35,38)(H,36,40). The van der Waals surface area contributed by atoms with E-state index >= 15 is 0 Å². The third kappa shape index (κ3) is 5.20.